The Kier molecular flexibility index (Phi) is 5.97. The van der Waals surface area contributed by atoms with Crippen LogP contribution in [0.3, 0.4) is 0 Å². The normalized spacial score (nSPS) is 28.9. The summed E-state index contributed by atoms with van der Waals surface area (Å²) in [6.07, 6.45) is -5.07. The van der Waals surface area contributed by atoms with Crippen LogP contribution in [-0.4, -0.2) is 51.4 Å². The molecule has 1 fully saturated rings. The third kappa shape index (κ3) is 3.93. The minimum Gasteiger partial charge on any atom is -0.394 e. The lowest BCUT2D eigenvalue weighted by atomic mass is 9.89. The molecule has 0 amide bonds. The molecule has 0 aromatic heterocycles. The molecule has 2 aromatic rings. The summed E-state index contributed by atoms with van der Waals surface area (Å²) in [5.74, 6) is 0. The van der Waals surface area contributed by atoms with Gasteiger partial charge in [-0.2, -0.15) is 0 Å². The van der Waals surface area contributed by atoms with Gasteiger partial charge in [0, 0.05) is 5.02 Å². The fraction of sp³-hybridized carbons (Fsp3) is 0.400. The van der Waals surface area contributed by atoms with Crippen LogP contribution in [0.25, 0.3) is 0 Å². The molecule has 5 nitrogen and oxygen atoms in total. The average molecular weight is 379 g/mol. The molecule has 0 saturated carbocycles. The number of rotatable bonds is 4. The maximum Gasteiger partial charge on any atom is 0.113 e. The van der Waals surface area contributed by atoms with Crippen LogP contribution in [0.4, 0.5) is 0 Å². The topological polar surface area (TPSA) is 90.2 Å². The van der Waals surface area contributed by atoms with Gasteiger partial charge < -0.3 is 25.2 Å². The van der Waals surface area contributed by atoms with Crippen LogP contribution in [0.15, 0.2) is 42.5 Å². The Hall–Kier alpha value is -1.47. The van der Waals surface area contributed by atoms with Crippen LogP contribution in [0.5, 0.6) is 0 Å². The summed E-state index contributed by atoms with van der Waals surface area (Å²) >= 11 is 5.93. The van der Waals surface area contributed by atoms with Crippen molar-refractivity contribution in [2.75, 3.05) is 6.61 Å². The van der Waals surface area contributed by atoms with Gasteiger partial charge >= 0.3 is 0 Å². The predicted molar refractivity (Wildman–Crippen MR) is 98.2 cm³/mol. The number of ether oxygens (including phenoxy) is 1. The van der Waals surface area contributed by atoms with Crippen LogP contribution >= 0.6 is 11.6 Å². The van der Waals surface area contributed by atoms with E-state index in [2.05, 4.69) is 0 Å². The predicted octanol–water partition coefficient (Wildman–Crippen LogP) is 1.75. The molecule has 1 aliphatic rings. The van der Waals surface area contributed by atoms with Crippen LogP contribution in [0.1, 0.15) is 28.4 Å². The highest BCUT2D eigenvalue weighted by Crippen LogP contribution is 2.33. The van der Waals surface area contributed by atoms with E-state index in [4.69, 9.17) is 16.3 Å². The quantitative estimate of drug-likeness (QED) is 0.651. The zero-order chi connectivity index (χ0) is 18.8. The SMILES string of the molecule is Cc1ccc([C@@H]2O[C@H](CO)[C@@H](O)[C@H](O)[C@H]2O)cc1Cc1ccc(Cl)cc1. The van der Waals surface area contributed by atoms with Crippen LogP contribution in [0.2, 0.25) is 5.02 Å². The molecule has 5 atom stereocenters. The Balaban J connectivity index is 1.87. The van der Waals surface area contributed by atoms with E-state index in [1.807, 2.05) is 49.4 Å². The van der Waals surface area contributed by atoms with Crippen molar-refractivity contribution in [1.29, 1.82) is 0 Å². The Labute approximate surface area is 157 Å². The van der Waals surface area contributed by atoms with Gasteiger partial charge in [-0.3, -0.25) is 0 Å². The molecule has 4 N–H and O–H groups in total. The maximum atomic E-state index is 10.3. The molecule has 0 spiro atoms. The summed E-state index contributed by atoms with van der Waals surface area (Å²) in [5.41, 5.74) is 3.94. The van der Waals surface area contributed by atoms with Crippen molar-refractivity contribution in [2.24, 2.45) is 0 Å². The minimum atomic E-state index is -1.38. The molecule has 0 radical (unpaired) electrons. The highest BCUT2D eigenvalue weighted by molar-refractivity contribution is 6.30. The number of halogens is 1. The molecular weight excluding hydrogens is 356 g/mol. The first-order valence-corrected chi connectivity index (χ1v) is 8.93. The van der Waals surface area contributed by atoms with Crippen molar-refractivity contribution >= 4 is 11.6 Å². The van der Waals surface area contributed by atoms with Gasteiger partial charge in [-0.1, -0.05) is 41.9 Å². The molecule has 26 heavy (non-hydrogen) atoms. The number of aryl methyl sites for hydroxylation is 1. The van der Waals surface area contributed by atoms with Gasteiger partial charge in [0.05, 0.1) is 6.61 Å². The number of hydrogen-bond donors (Lipinski definition) is 4. The molecule has 1 aliphatic heterocycles. The zero-order valence-electron chi connectivity index (χ0n) is 14.4. The molecule has 140 valence electrons. The lowest BCUT2D eigenvalue weighted by molar-refractivity contribution is -0.231. The summed E-state index contributed by atoms with van der Waals surface area (Å²) in [7, 11) is 0. The van der Waals surface area contributed by atoms with E-state index in [0.717, 1.165) is 16.7 Å². The smallest absolute Gasteiger partial charge is 0.113 e. The second kappa shape index (κ2) is 8.05. The summed E-state index contributed by atoms with van der Waals surface area (Å²) in [6, 6.07) is 13.3. The van der Waals surface area contributed by atoms with E-state index in [9.17, 15) is 20.4 Å². The first kappa shape index (κ1) is 19.3. The third-order valence-corrected chi connectivity index (χ3v) is 5.15. The minimum absolute atomic E-state index is 0.440. The Morgan fingerprint density at radius 2 is 1.65 bits per heavy atom. The van der Waals surface area contributed by atoms with Crippen molar-refractivity contribution in [3.63, 3.8) is 0 Å². The lowest BCUT2D eigenvalue weighted by Crippen LogP contribution is -2.55. The zero-order valence-corrected chi connectivity index (χ0v) is 15.2. The Morgan fingerprint density at radius 3 is 2.31 bits per heavy atom. The second-order valence-electron chi connectivity index (χ2n) is 6.74. The van der Waals surface area contributed by atoms with Gasteiger partial charge in [0.1, 0.15) is 30.5 Å². The highest BCUT2D eigenvalue weighted by Gasteiger charge is 2.43. The summed E-state index contributed by atoms with van der Waals surface area (Å²) in [6.45, 7) is 1.56. The number of aliphatic hydroxyl groups is 4. The maximum absolute atomic E-state index is 10.3. The monoisotopic (exact) mass is 378 g/mol. The standard InChI is InChI=1S/C20H23ClO5/c1-11-2-5-13(9-14(11)8-12-3-6-15(21)7-4-12)20-19(25)18(24)17(23)16(10-22)26-20/h2-7,9,16-20,22-25H,8,10H2,1H3/t16-,17-,18+,19-,20+/m1/s1. The highest BCUT2D eigenvalue weighted by atomic mass is 35.5. The molecular formula is C20H23ClO5. The fourth-order valence-electron chi connectivity index (χ4n) is 3.26. The summed E-state index contributed by atoms with van der Waals surface area (Å²) in [4.78, 5) is 0. The van der Waals surface area contributed by atoms with E-state index in [1.165, 1.54) is 0 Å². The molecule has 0 aliphatic carbocycles. The first-order valence-electron chi connectivity index (χ1n) is 8.55. The average Bonchev–Trinajstić information content (AvgIpc) is 2.64. The van der Waals surface area contributed by atoms with Crippen molar-refractivity contribution in [1.82, 2.24) is 0 Å². The molecule has 2 aromatic carbocycles. The van der Waals surface area contributed by atoms with Crippen molar-refractivity contribution in [3.8, 4) is 0 Å². The van der Waals surface area contributed by atoms with Gasteiger partial charge in [-0.25, -0.2) is 0 Å². The largest absolute Gasteiger partial charge is 0.394 e. The Morgan fingerprint density at radius 1 is 0.962 bits per heavy atom. The van der Waals surface area contributed by atoms with Crippen LogP contribution in [-0.2, 0) is 11.2 Å². The van der Waals surface area contributed by atoms with Crippen molar-refractivity contribution < 1.29 is 25.2 Å². The lowest BCUT2D eigenvalue weighted by Gasteiger charge is -2.40. The van der Waals surface area contributed by atoms with Gasteiger partial charge in [0.2, 0.25) is 0 Å². The van der Waals surface area contributed by atoms with Gasteiger partial charge in [-0.05, 0) is 47.7 Å². The molecule has 3 rings (SSSR count). The van der Waals surface area contributed by atoms with E-state index in [-0.39, 0.29) is 0 Å². The van der Waals surface area contributed by atoms with Gasteiger partial charge in [-0.15, -0.1) is 0 Å². The van der Waals surface area contributed by atoms with Crippen LogP contribution in [0, 0.1) is 6.92 Å². The van der Waals surface area contributed by atoms with E-state index in [1.54, 1.807) is 0 Å². The first-order chi connectivity index (χ1) is 12.4. The summed E-state index contributed by atoms with van der Waals surface area (Å²) < 4.78 is 5.65. The molecule has 0 unspecified atom stereocenters. The number of benzene rings is 2. The van der Waals surface area contributed by atoms with Gasteiger partial charge in [0.15, 0.2) is 0 Å². The number of aliphatic hydroxyl groups excluding tert-OH is 4. The van der Waals surface area contributed by atoms with Crippen molar-refractivity contribution in [3.05, 3.63) is 69.7 Å². The van der Waals surface area contributed by atoms with E-state index < -0.39 is 37.1 Å². The van der Waals surface area contributed by atoms with Gasteiger partial charge in [0.25, 0.3) is 0 Å². The molecule has 6 heteroatoms. The van der Waals surface area contributed by atoms with Crippen molar-refractivity contribution in [2.45, 2.75) is 43.9 Å². The molecule has 1 heterocycles. The third-order valence-electron chi connectivity index (χ3n) is 4.90. The summed E-state index contributed by atoms with van der Waals surface area (Å²) in [5, 5.41) is 40.3. The van der Waals surface area contributed by atoms with E-state index in [0.29, 0.717) is 17.0 Å². The van der Waals surface area contributed by atoms with Crippen LogP contribution < -0.4 is 0 Å². The molecule has 0 bridgehead atoms. The molecule has 1 saturated heterocycles. The second-order valence-corrected chi connectivity index (χ2v) is 7.18. The van der Waals surface area contributed by atoms with E-state index >= 15 is 0 Å². The fourth-order valence-corrected chi connectivity index (χ4v) is 3.38. The Bertz CT molecular complexity index is 746. The number of hydrogen-bond acceptors (Lipinski definition) is 5.